The number of hydrogen-bond donors (Lipinski definition) is 2. The number of amides is 2. The Balaban J connectivity index is 1.66. The minimum Gasteiger partial charge on any atom is -0.308 e. The number of anilines is 2. The van der Waals surface area contributed by atoms with Gasteiger partial charge in [0.05, 0.1) is 0 Å². The highest BCUT2D eigenvalue weighted by atomic mass is 32.1. The first-order valence-corrected chi connectivity index (χ1v) is 8.69. The third-order valence-electron chi connectivity index (χ3n) is 3.67. The van der Waals surface area contributed by atoms with Crippen LogP contribution in [0.15, 0.2) is 54.6 Å². The lowest BCUT2D eigenvalue weighted by Gasteiger charge is -2.11. The van der Waals surface area contributed by atoms with Crippen molar-refractivity contribution >= 4 is 28.2 Å². The molecule has 0 saturated heterocycles. The summed E-state index contributed by atoms with van der Waals surface area (Å²) in [7, 11) is 0. The molecule has 0 radical (unpaired) electrons. The number of urea groups is 1. The molecule has 0 aliphatic rings. The van der Waals surface area contributed by atoms with Crippen LogP contribution in [0.5, 0.6) is 0 Å². The van der Waals surface area contributed by atoms with Gasteiger partial charge >= 0.3 is 6.03 Å². The second kappa shape index (κ2) is 7.85. The Kier molecular flexibility index (Phi) is 5.35. The maximum Gasteiger partial charge on any atom is 0.325 e. The number of aromatic nitrogens is 2. The number of nitrogens with one attached hydrogen (secondary N) is 2. The molecule has 2 N–H and O–H groups in total. The Labute approximate surface area is 148 Å². The van der Waals surface area contributed by atoms with Gasteiger partial charge in [0, 0.05) is 11.6 Å². The second-order valence-electron chi connectivity index (χ2n) is 5.40. The maximum atomic E-state index is 12.9. The van der Waals surface area contributed by atoms with E-state index in [1.807, 2.05) is 18.2 Å². The van der Waals surface area contributed by atoms with E-state index in [-0.39, 0.29) is 11.7 Å². The maximum absolute atomic E-state index is 12.9. The number of benzene rings is 2. The molecule has 0 aliphatic heterocycles. The summed E-state index contributed by atoms with van der Waals surface area (Å²) in [5.74, 6) is -0.208. The molecular formula is C18H17FN4OS. The van der Waals surface area contributed by atoms with E-state index >= 15 is 0 Å². The van der Waals surface area contributed by atoms with Gasteiger partial charge in [0.2, 0.25) is 5.13 Å². The minimum atomic E-state index is -0.443. The Bertz CT molecular complexity index is 836. The molecule has 0 aliphatic carbocycles. The zero-order valence-corrected chi connectivity index (χ0v) is 14.4. The molecule has 0 saturated carbocycles. The van der Waals surface area contributed by atoms with Crippen LogP contribution in [0.4, 0.5) is 20.0 Å². The van der Waals surface area contributed by atoms with Gasteiger partial charge in [-0.15, -0.1) is 10.2 Å². The zero-order valence-electron chi connectivity index (χ0n) is 13.6. The van der Waals surface area contributed by atoms with E-state index in [0.29, 0.717) is 10.8 Å². The molecular weight excluding hydrogens is 339 g/mol. The summed E-state index contributed by atoms with van der Waals surface area (Å²) in [4.78, 5) is 12.0. The van der Waals surface area contributed by atoms with Crippen LogP contribution >= 0.6 is 11.3 Å². The van der Waals surface area contributed by atoms with Crippen molar-refractivity contribution in [3.63, 3.8) is 0 Å². The van der Waals surface area contributed by atoms with Crippen LogP contribution in [0.25, 0.3) is 0 Å². The molecule has 0 unspecified atom stereocenters. The molecule has 0 bridgehead atoms. The molecule has 7 heteroatoms. The Morgan fingerprint density at radius 1 is 1.08 bits per heavy atom. The molecule has 128 valence electrons. The van der Waals surface area contributed by atoms with Gasteiger partial charge in [0.1, 0.15) is 10.8 Å². The van der Waals surface area contributed by atoms with E-state index in [1.165, 1.54) is 41.2 Å². The van der Waals surface area contributed by atoms with E-state index in [0.717, 1.165) is 11.4 Å². The van der Waals surface area contributed by atoms with E-state index in [9.17, 15) is 9.18 Å². The van der Waals surface area contributed by atoms with E-state index in [2.05, 4.69) is 39.9 Å². The number of carbonyl (C=O) groups is 1. The topological polar surface area (TPSA) is 66.9 Å². The quantitative estimate of drug-likeness (QED) is 0.686. The van der Waals surface area contributed by atoms with Crippen molar-refractivity contribution in [2.45, 2.75) is 19.3 Å². The SMILES string of the molecule is CC[C@@H](c1ccccc1)c1nnc(NC(=O)Nc2ccc(F)cc2)s1. The summed E-state index contributed by atoms with van der Waals surface area (Å²) >= 11 is 1.35. The van der Waals surface area contributed by atoms with Crippen LogP contribution in [-0.4, -0.2) is 16.2 Å². The molecule has 0 spiro atoms. The molecule has 0 fully saturated rings. The molecule has 2 amide bonds. The van der Waals surface area contributed by atoms with Crippen molar-refractivity contribution in [1.82, 2.24) is 10.2 Å². The number of halogens is 1. The summed E-state index contributed by atoms with van der Waals surface area (Å²) in [5.41, 5.74) is 1.67. The van der Waals surface area contributed by atoms with Crippen LogP contribution in [0.2, 0.25) is 0 Å². The lowest BCUT2D eigenvalue weighted by atomic mass is 9.97. The van der Waals surface area contributed by atoms with Crippen molar-refractivity contribution in [3.8, 4) is 0 Å². The predicted octanol–water partition coefficient (Wildman–Crippen LogP) is 4.86. The van der Waals surface area contributed by atoms with Gasteiger partial charge in [-0.3, -0.25) is 5.32 Å². The van der Waals surface area contributed by atoms with Crippen molar-refractivity contribution in [2.24, 2.45) is 0 Å². The smallest absolute Gasteiger partial charge is 0.308 e. The van der Waals surface area contributed by atoms with Crippen LogP contribution < -0.4 is 10.6 Å². The fourth-order valence-corrected chi connectivity index (χ4v) is 3.41. The number of rotatable bonds is 5. The van der Waals surface area contributed by atoms with Crippen LogP contribution in [0.3, 0.4) is 0 Å². The van der Waals surface area contributed by atoms with Gasteiger partial charge in [-0.1, -0.05) is 48.6 Å². The molecule has 25 heavy (non-hydrogen) atoms. The van der Waals surface area contributed by atoms with Gasteiger partial charge in [0.25, 0.3) is 0 Å². The molecule has 5 nitrogen and oxygen atoms in total. The highest BCUT2D eigenvalue weighted by Crippen LogP contribution is 2.31. The van der Waals surface area contributed by atoms with Crippen molar-refractivity contribution in [2.75, 3.05) is 10.6 Å². The third-order valence-corrected chi connectivity index (χ3v) is 4.62. The average Bonchev–Trinajstić information content (AvgIpc) is 3.06. The van der Waals surface area contributed by atoms with Gasteiger partial charge < -0.3 is 5.32 Å². The van der Waals surface area contributed by atoms with Crippen molar-refractivity contribution in [3.05, 3.63) is 71.0 Å². The molecule has 3 rings (SSSR count). The summed E-state index contributed by atoms with van der Waals surface area (Å²) in [6, 6.07) is 15.2. The third kappa shape index (κ3) is 4.39. The normalized spacial score (nSPS) is 11.8. The first-order chi connectivity index (χ1) is 12.2. The van der Waals surface area contributed by atoms with Crippen molar-refractivity contribution < 1.29 is 9.18 Å². The minimum absolute atomic E-state index is 0.148. The molecule has 1 aromatic heterocycles. The fourth-order valence-electron chi connectivity index (χ4n) is 2.46. The monoisotopic (exact) mass is 356 g/mol. The van der Waals surface area contributed by atoms with Crippen LogP contribution in [-0.2, 0) is 0 Å². The number of hydrogen-bond acceptors (Lipinski definition) is 4. The molecule has 1 atom stereocenters. The first-order valence-electron chi connectivity index (χ1n) is 7.87. The highest BCUT2D eigenvalue weighted by Gasteiger charge is 2.18. The first kappa shape index (κ1) is 17.0. The predicted molar refractivity (Wildman–Crippen MR) is 97.5 cm³/mol. The summed E-state index contributed by atoms with van der Waals surface area (Å²) in [6.07, 6.45) is 0.889. The lowest BCUT2D eigenvalue weighted by Crippen LogP contribution is -2.19. The Hall–Kier alpha value is -2.80. The van der Waals surface area contributed by atoms with Gasteiger partial charge in [-0.05, 0) is 36.2 Å². The largest absolute Gasteiger partial charge is 0.325 e. The zero-order chi connectivity index (χ0) is 17.6. The molecule has 2 aromatic carbocycles. The Morgan fingerprint density at radius 2 is 1.80 bits per heavy atom. The summed E-state index contributed by atoms with van der Waals surface area (Å²) in [5, 5.41) is 14.8. The fraction of sp³-hybridized carbons (Fsp3) is 0.167. The van der Waals surface area contributed by atoms with E-state index in [1.54, 1.807) is 0 Å². The summed E-state index contributed by atoms with van der Waals surface area (Å²) < 4.78 is 12.9. The number of carbonyl (C=O) groups excluding carboxylic acids is 1. The van der Waals surface area contributed by atoms with Gasteiger partial charge in [-0.2, -0.15) is 0 Å². The van der Waals surface area contributed by atoms with Gasteiger partial charge in [-0.25, -0.2) is 9.18 Å². The van der Waals surface area contributed by atoms with Crippen LogP contribution in [0.1, 0.15) is 29.8 Å². The van der Waals surface area contributed by atoms with E-state index in [4.69, 9.17) is 0 Å². The van der Waals surface area contributed by atoms with Crippen LogP contribution in [0, 0.1) is 5.82 Å². The van der Waals surface area contributed by atoms with E-state index < -0.39 is 6.03 Å². The second-order valence-corrected chi connectivity index (χ2v) is 6.41. The highest BCUT2D eigenvalue weighted by molar-refractivity contribution is 7.15. The lowest BCUT2D eigenvalue weighted by molar-refractivity contribution is 0.262. The molecule has 1 heterocycles. The number of nitrogens with zero attached hydrogens (tertiary/aromatic N) is 2. The standard InChI is InChI=1S/C18H17FN4OS/c1-2-15(12-6-4-3-5-7-12)16-22-23-18(25-16)21-17(24)20-14-10-8-13(19)9-11-14/h3-11,15H,2H2,1H3,(H2,20,21,23,24)/t15-/m0/s1. The van der Waals surface area contributed by atoms with Gasteiger partial charge in [0.15, 0.2) is 0 Å². The Morgan fingerprint density at radius 3 is 2.48 bits per heavy atom. The average molecular weight is 356 g/mol. The molecule has 3 aromatic rings. The van der Waals surface area contributed by atoms with Crippen molar-refractivity contribution in [1.29, 1.82) is 0 Å². The summed E-state index contributed by atoms with van der Waals surface area (Å²) in [6.45, 7) is 2.09.